The van der Waals surface area contributed by atoms with Crippen LogP contribution in [0.3, 0.4) is 0 Å². The number of hydrogen-bond acceptors (Lipinski definition) is 7. The number of nitrogens with zero attached hydrogens (tertiary/aromatic N) is 5. The molecular weight excluding hydrogens is 483 g/mol. The van der Waals surface area contributed by atoms with Gasteiger partial charge in [0.05, 0.1) is 35.0 Å². The predicted molar refractivity (Wildman–Crippen MR) is 127 cm³/mol. The number of fused-ring (bicyclic) bond motifs is 1. The Morgan fingerprint density at radius 1 is 1.29 bits per heavy atom. The quantitative estimate of drug-likeness (QED) is 0.466. The minimum Gasteiger partial charge on any atom is -0.370 e. The molecule has 0 saturated carbocycles. The number of nitrogens with one attached hydrogen (secondary N) is 2. The minimum absolute atomic E-state index is 0.111. The molecular formula is C23H25ClF3N7O. The maximum absolute atomic E-state index is 13.1. The summed E-state index contributed by atoms with van der Waals surface area (Å²) in [7, 11) is 0. The fourth-order valence-electron chi connectivity index (χ4n) is 4.77. The van der Waals surface area contributed by atoms with Crippen LogP contribution in [0.15, 0.2) is 24.4 Å². The molecule has 2 N–H and O–H groups in total. The Bertz CT molecular complexity index is 1200. The number of rotatable bonds is 3. The average molecular weight is 508 g/mol. The standard InChI is InChI=1S/C23H25ClF3N7O/c1-22(2)13-33(12-19(29)34(22)21(30)23(25,26)27)35-16-5-7-32(8-6-16)20-14(10-28)11-31-18-4-3-15(24)9-17(18)20/h3-4,9,11,16,29-30H,5-8,12-13H2,1-2H3. The van der Waals surface area contributed by atoms with E-state index in [1.54, 1.807) is 32.2 Å². The van der Waals surface area contributed by atoms with Crippen LogP contribution in [-0.4, -0.2) is 70.6 Å². The maximum atomic E-state index is 13.1. The van der Waals surface area contributed by atoms with Crippen molar-refractivity contribution in [2.75, 3.05) is 31.1 Å². The second-order valence-electron chi connectivity index (χ2n) is 9.32. The van der Waals surface area contributed by atoms with Gasteiger partial charge in [-0.05, 0) is 44.9 Å². The lowest BCUT2D eigenvalue weighted by molar-refractivity contribution is -0.212. The molecule has 3 heterocycles. The molecule has 2 aliphatic heterocycles. The van der Waals surface area contributed by atoms with Crippen molar-refractivity contribution in [3.8, 4) is 6.07 Å². The zero-order chi connectivity index (χ0) is 25.5. The number of piperazine rings is 1. The second-order valence-corrected chi connectivity index (χ2v) is 9.76. The van der Waals surface area contributed by atoms with Crippen molar-refractivity contribution < 1.29 is 18.0 Å². The Hall–Kier alpha value is -2.94. The number of anilines is 1. The topological polar surface area (TPSA) is 103 Å². The molecule has 0 unspecified atom stereocenters. The van der Waals surface area contributed by atoms with E-state index in [0.29, 0.717) is 36.5 Å². The fourth-order valence-corrected chi connectivity index (χ4v) is 4.94. The summed E-state index contributed by atoms with van der Waals surface area (Å²) < 4.78 is 39.4. The van der Waals surface area contributed by atoms with Gasteiger partial charge in [0.25, 0.3) is 0 Å². The van der Waals surface area contributed by atoms with Crippen molar-refractivity contribution in [2.45, 2.75) is 44.5 Å². The zero-order valence-electron chi connectivity index (χ0n) is 19.3. The van der Waals surface area contributed by atoms with Gasteiger partial charge in [-0.2, -0.15) is 23.5 Å². The highest BCUT2D eigenvalue weighted by molar-refractivity contribution is 6.31. The molecule has 186 valence electrons. The molecule has 1 aromatic carbocycles. The van der Waals surface area contributed by atoms with Crippen LogP contribution in [0.5, 0.6) is 0 Å². The number of amidine groups is 2. The number of benzene rings is 1. The van der Waals surface area contributed by atoms with Crippen LogP contribution < -0.4 is 4.90 Å². The summed E-state index contributed by atoms with van der Waals surface area (Å²) in [5.41, 5.74) is 0.836. The lowest BCUT2D eigenvalue weighted by atomic mass is 9.99. The highest BCUT2D eigenvalue weighted by Gasteiger charge is 2.48. The number of nitriles is 1. The van der Waals surface area contributed by atoms with Gasteiger partial charge in [0.1, 0.15) is 11.9 Å². The van der Waals surface area contributed by atoms with Gasteiger partial charge in [0.15, 0.2) is 0 Å². The molecule has 2 aliphatic rings. The van der Waals surface area contributed by atoms with E-state index in [4.69, 9.17) is 27.3 Å². The number of hydroxylamine groups is 2. The third kappa shape index (κ3) is 5.05. The molecule has 8 nitrogen and oxygen atoms in total. The maximum Gasteiger partial charge on any atom is 0.449 e. The number of alkyl halides is 3. The average Bonchev–Trinajstić information content (AvgIpc) is 2.77. The number of hydrogen-bond donors (Lipinski definition) is 2. The number of piperidine rings is 1. The van der Waals surface area contributed by atoms with E-state index in [-0.39, 0.29) is 25.0 Å². The van der Waals surface area contributed by atoms with Crippen molar-refractivity contribution in [1.29, 1.82) is 16.1 Å². The first-order valence-electron chi connectivity index (χ1n) is 11.1. The van der Waals surface area contributed by atoms with Crippen LogP contribution >= 0.6 is 11.6 Å². The molecule has 2 aromatic rings. The Kier molecular flexibility index (Phi) is 6.66. The van der Waals surface area contributed by atoms with Crippen LogP contribution in [0, 0.1) is 22.1 Å². The van der Waals surface area contributed by atoms with E-state index in [1.807, 2.05) is 6.07 Å². The van der Waals surface area contributed by atoms with Crippen LogP contribution in [0.4, 0.5) is 18.9 Å². The van der Waals surface area contributed by atoms with Gasteiger partial charge in [-0.3, -0.25) is 20.6 Å². The smallest absolute Gasteiger partial charge is 0.370 e. The van der Waals surface area contributed by atoms with Gasteiger partial charge in [-0.1, -0.05) is 11.6 Å². The van der Waals surface area contributed by atoms with Gasteiger partial charge in [0, 0.05) is 36.2 Å². The Morgan fingerprint density at radius 2 is 1.97 bits per heavy atom. The Morgan fingerprint density at radius 3 is 2.57 bits per heavy atom. The summed E-state index contributed by atoms with van der Waals surface area (Å²) in [5, 5.41) is 28.2. The number of halogens is 4. The van der Waals surface area contributed by atoms with Crippen molar-refractivity contribution >= 4 is 39.9 Å². The summed E-state index contributed by atoms with van der Waals surface area (Å²) in [4.78, 5) is 13.3. The lowest BCUT2D eigenvalue weighted by Gasteiger charge is -2.48. The van der Waals surface area contributed by atoms with E-state index < -0.39 is 17.6 Å². The normalized spacial score (nSPS) is 19.7. The lowest BCUT2D eigenvalue weighted by Crippen LogP contribution is -2.65. The Balaban J connectivity index is 1.44. The van der Waals surface area contributed by atoms with Crippen molar-refractivity contribution in [1.82, 2.24) is 14.9 Å². The van der Waals surface area contributed by atoms with E-state index in [0.717, 1.165) is 21.5 Å². The van der Waals surface area contributed by atoms with E-state index >= 15 is 0 Å². The van der Waals surface area contributed by atoms with Gasteiger partial charge >= 0.3 is 6.18 Å². The summed E-state index contributed by atoms with van der Waals surface area (Å²) in [5.74, 6) is -1.88. The third-order valence-corrected chi connectivity index (χ3v) is 6.47. The molecule has 4 rings (SSSR count). The summed E-state index contributed by atoms with van der Waals surface area (Å²) in [6, 6.07) is 7.57. The number of aromatic nitrogens is 1. The molecule has 0 atom stereocenters. The van der Waals surface area contributed by atoms with E-state index in [2.05, 4.69) is 16.0 Å². The first-order chi connectivity index (χ1) is 16.4. The van der Waals surface area contributed by atoms with Crippen molar-refractivity contribution in [3.63, 3.8) is 0 Å². The van der Waals surface area contributed by atoms with Crippen LogP contribution in [0.25, 0.3) is 10.9 Å². The fraction of sp³-hybridized carbons (Fsp3) is 0.478. The molecule has 1 aromatic heterocycles. The molecule has 0 bridgehead atoms. The third-order valence-electron chi connectivity index (χ3n) is 6.24. The first-order valence-corrected chi connectivity index (χ1v) is 11.5. The molecule has 35 heavy (non-hydrogen) atoms. The second kappa shape index (κ2) is 9.26. The summed E-state index contributed by atoms with van der Waals surface area (Å²) in [6.07, 6.45) is -2.21. The highest BCUT2D eigenvalue weighted by Crippen LogP contribution is 2.34. The van der Waals surface area contributed by atoms with E-state index in [9.17, 15) is 18.4 Å². The molecule has 2 saturated heterocycles. The van der Waals surface area contributed by atoms with Gasteiger partial charge in [-0.25, -0.2) is 0 Å². The van der Waals surface area contributed by atoms with Crippen LogP contribution in [0.2, 0.25) is 5.02 Å². The minimum atomic E-state index is -4.83. The van der Waals surface area contributed by atoms with E-state index in [1.165, 1.54) is 5.06 Å². The molecule has 0 spiro atoms. The van der Waals surface area contributed by atoms with Crippen LogP contribution in [0.1, 0.15) is 32.3 Å². The number of pyridine rings is 1. The molecule has 0 radical (unpaired) electrons. The van der Waals surface area contributed by atoms with Gasteiger partial charge in [0.2, 0.25) is 5.84 Å². The largest absolute Gasteiger partial charge is 0.449 e. The predicted octanol–water partition coefficient (Wildman–Crippen LogP) is 4.57. The summed E-state index contributed by atoms with van der Waals surface area (Å²) in [6.45, 7) is 4.29. The molecule has 2 fully saturated rings. The molecule has 12 heteroatoms. The molecule has 0 amide bonds. The van der Waals surface area contributed by atoms with Crippen molar-refractivity contribution in [2.24, 2.45) is 0 Å². The highest BCUT2D eigenvalue weighted by atomic mass is 35.5. The van der Waals surface area contributed by atoms with Crippen molar-refractivity contribution in [3.05, 3.63) is 35.0 Å². The zero-order valence-corrected chi connectivity index (χ0v) is 20.0. The monoisotopic (exact) mass is 507 g/mol. The molecule has 0 aliphatic carbocycles. The summed E-state index contributed by atoms with van der Waals surface area (Å²) >= 11 is 6.20. The SMILES string of the molecule is CC1(C)CN(OC2CCN(c3c(C#N)cnc4ccc(Cl)cc34)CC2)CC(=N)N1C(=N)C(F)(F)F. The van der Waals surface area contributed by atoms with Gasteiger partial charge in [-0.15, -0.1) is 0 Å². The first kappa shape index (κ1) is 25.2. The van der Waals surface area contributed by atoms with Crippen LogP contribution in [-0.2, 0) is 4.84 Å². The van der Waals surface area contributed by atoms with Gasteiger partial charge < -0.3 is 9.80 Å². The Labute approximate surface area is 205 Å².